The minimum absolute atomic E-state index is 0.0370. The van der Waals surface area contributed by atoms with Crippen LogP contribution in [0.3, 0.4) is 0 Å². The first-order valence-corrected chi connectivity index (χ1v) is 7.35. The van der Waals surface area contributed by atoms with Crippen molar-refractivity contribution in [3.05, 3.63) is 35.6 Å². The molecular formula is C16H23FN2O. The van der Waals surface area contributed by atoms with E-state index in [9.17, 15) is 9.18 Å². The highest BCUT2D eigenvalue weighted by atomic mass is 19.1. The topological polar surface area (TPSA) is 55.1 Å². The van der Waals surface area contributed by atoms with E-state index in [-0.39, 0.29) is 23.7 Å². The Kier molecular flexibility index (Phi) is 5.12. The number of benzene rings is 1. The van der Waals surface area contributed by atoms with E-state index in [0.717, 1.165) is 31.2 Å². The van der Waals surface area contributed by atoms with Gasteiger partial charge in [-0.15, -0.1) is 0 Å². The minimum Gasteiger partial charge on any atom is -0.369 e. The van der Waals surface area contributed by atoms with Crippen LogP contribution in [0.5, 0.6) is 0 Å². The van der Waals surface area contributed by atoms with E-state index in [1.54, 1.807) is 6.07 Å². The maximum Gasteiger partial charge on any atom is 0.220 e. The predicted molar refractivity (Wildman–Crippen MR) is 77.6 cm³/mol. The quantitative estimate of drug-likeness (QED) is 0.869. The average Bonchev–Trinajstić information content (AvgIpc) is 2.42. The summed E-state index contributed by atoms with van der Waals surface area (Å²) in [6.45, 7) is 2.08. The number of carbonyl (C=O) groups excluding carboxylic acids is 1. The van der Waals surface area contributed by atoms with Crippen LogP contribution in [0, 0.1) is 11.7 Å². The number of nitrogens with one attached hydrogen (secondary N) is 1. The molecule has 1 saturated carbocycles. The van der Waals surface area contributed by atoms with Gasteiger partial charge in [0.2, 0.25) is 5.91 Å². The third-order valence-electron chi connectivity index (χ3n) is 4.13. The summed E-state index contributed by atoms with van der Waals surface area (Å²) in [6, 6.07) is 7.54. The molecule has 0 aliphatic heterocycles. The van der Waals surface area contributed by atoms with E-state index in [1.807, 2.05) is 12.1 Å². The molecule has 1 amide bonds. The van der Waals surface area contributed by atoms with Gasteiger partial charge in [-0.1, -0.05) is 18.2 Å². The second-order valence-corrected chi connectivity index (χ2v) is 5.81. The molecule has 1 aliphatic rings. The molecule has 0 aromatic heterocycles. The van der Waals surface area contributed by atoms with Crippen molar-refractivity contribution in [1.29, 1.82) is 0 Å². The van der Waals surface area contributed by atoms with Crippen molar-refractivity contribution in [2.75, 3.05) is 0 Å². The van der Waals surface area contributed by atoms with E-state index >= 15 is 0 Å². The van der Waals surface area contributed by atoms with Gasteiger partial charge in [-0.3, -0.25) is 4.79 Å². The Labute approximate surface area is 119 Å². The van der Waals surface area contributed by atoms with Crippen LogP contribution in [0.25, 0.3) is 0 Å². The lowest BCUT2D eigenvalue weighted by Gasteiger charge is -2.30. The molecule has 0 radical (unpaired) electrons. The van der Waals surface area contributed by atoms with Crippen molar-refractivity contribution >= 4 is 5.91 Å². The lowest BCUT2D eigenvalue weighted by atomic mass is 9.85. The Morgan fingerprint density at radius 1 is 1.35 bits per heavy atom. The van der Waals surface area contributed by atoms with Crippen LogP contribution in [-0.4, -0.2) is 18.0 Å². The lowest BCUT2D eigenvalue weighted by molar-refractivity contribution is -0.122. The van der Waals surface area contributed by atoms with Crippen LogP contribution in [-0.2, 0) is 11.2 Å². The molecular weight excluding hydrogens is 255 g/mol. The first kappa shape index (κ1) is 15.0. The fourth-order valence-electron chi connectivity index (χ4n) is 3.00. The summed E-state index contributed by atoms with van der Waals surface area (Å²) in [4.78, 5) is 11.1. The third-order valence-corrected chi connectivity index (χ3v) is 4.13. The standard InChI is InChI=1S/C16H23FN2O/c1-11(10-13-4-2-3-5-15(13)17)19-14-8-6-12(7-9-14)16(18)20/h2-5,11-12,14,19H,6-10H2,1H3,(H2,18,20). The molecule has 20 heavy (non-hydrogen) atoms. The van der Waals surface area contributed by atoms with Gasteiger partial charge in [0.15, 0.2) is 0 Å². The number of hydrogen-bond donors (Lipinski definition) is 2. The molecule has 1 atom stereocenters. The fourth-order valence-corrected chi connectivity index (χ4v) is 3.00. The minimum atomic E-state index is -0.178. The fraction of sp³-hybridized carbons (Fsp3) is 0.562. The van der Waals surface area contributed by atoms with Crippen molar-refractivity contribution in [3.8, 4) is 0 Å². The van der Waals surface area contributed by atoms with Gasteiger partial charge >= 0.3 is 0 Å². The normalized spacial score (nSPS) is 24.3. The smallest absolute Gasteiger partial charge is 0.220 e. The third kappa shape index (κ3) is 4.04. The average molecular weight is 278 g/mol. The summed E-state index contributed by atoms with van der Waals surface area (Å²) >= 11 is 0. The molecule has 1 fully saturated rings. The van der Waals surface area contributed by atoms with Crippen LogP contribution in [0.2, 0.25) is 0 Å². The van der Waals surface area contributed by atoms with E-state index in [4.69, 9.17) is 5.73 Å². The van der Waals surface area contributed by atoms with Crippen molar-refractivity contribution in [2.24, 2.45) is 11.7 Å². The number of hydrogen-bond acceptors (Lipinski definition) is 2. The van der Waals surface area contributed by atoms with Crippen LogP contribution in [0.15, 0.2) is 24.3 Å². The summed E-state index contributed by atoms with van der Waals surface area (Å²) < 4.78 is 13.6. The largest absolute Gasteiger partial charge is 0.369 e. The second-order valence-electron chi connectivity index (χ2n) is 5.81. The van der Waals surface area contributed by atoms with Gasteiger partial charge in [-0.2, -0.15) is 0 Å². The van der Waals surface area contributed by atoms with E-state index in [0.29, 0.717) is 12.5 Å². The van der Waals surface area contributed by atoms with E-state index in [1.165, 1.54) is 6.07 Å². The number of carbonyl (C=O) groups is 1. The Bertz CT molecular complexity index is 456. The molecule has 1 aliphatic carbocycles. The first-order valence-electron chi connectivity index (χ1n) is 7.35. The maximum atomic E-state index is 13.6. The molecule has 0 bridgehead atoms. The summed E-state index contributed by atoms with van der Waals surface area (Å²) in [5.41, 5.74) is 6.08. The van der Waals surface area contributed by atoms with Crippen molar-refractivity contribution < 1.29 is 9.18 Å². The molecule has 110 valence electrons. The van der Waals surface area contributed by atoms with E-state index in [2.05, 4.69) is 12.2 Å². The Hall–Kier alpha value is -1.42. The van der Waals surface area contributed by atoms with Gasteiger partial charge in [0.1, 0.15) is 5.82 Å². The molecule has 2 rings (SSSR count). The number of halogens is 1. The summed E-state index contributed by atoms with van der Waals surface area (Å²) in [6.07, 6.45) is 4.34. The van der Waals surface area contributed by atoms with Gasteiger partial charge in [0, 0.05) is 18.0 Å². The molecule has 0 spiro atoms. The van der Waals surface area contributed by atoms with Crippen molar-refractivity contribution in [1.82, 2.24) is 5.32 Å². The van der Waals surface area contributed by atoms with Gasteiger partial charge in [0.25, 0.3) is 0 Å². The van der Waals surface area contributed by atoms with Crippen LogP contribution >= 0.6 is 0 Å². The Balaban J connectivity index is 1.80. The van der Waals surface area contributed by atoms with Crippen LogP contribution < -0.4 is 11.1 Å². The highest BCUT2D eigenvalue weighted by Gasteiger charge is 2.25. The highest BCUT2D eigenvalue weighted by molar-refractivity contribution is 5.76. The maximum absolute atomic E-state index is 13.6. The number of nitrogens with two attached hydrogens (primary N) is 1. The highest BCUT2D eigenvalue weighted by Crippen LogP contribution is 2.24. The molecule has 3 nitrogen and oxygen atoms in total. The summed E-state index contributed by atoms with van der Waals surface area (Å²) in [5.74, 6) is -0.281. The first-order chi connectivity index (χ1) is 9.56. The monoisotopic (exact) mass is 278 g/mol. The molecule has 3 N–H and O–H groups in total. The zero-order valence-corrected chi connectivity index (χ0v) is 11.9. The number of primary amides is 1. The van der Waals surface area contributed by atoms with E-state index < -0.39 is 0 Å². The number of rotatable bonds is 5. The number of amides is 1. The zero-order chi connectivity index (χ0) is 14.5. The molecule has 0 saturated heterocycles. The summed E-state index contributed by atoms with van der Waals surface area (Å²) in [5, 5.41) is 3.54. The molecule has 4 heteroatoms. The Morgan fingerprint density at radius 3 is 2.60 bits per heavy atom. The van der Waals surface area contributed by atoms with Gasteiger partial charge in [-0.25, -0.2) is 4.39 Å². The molecule has 1 aromatic rings. The summed E-state index contributed by atoms with van der Waals surface area (Å²) in [7, 11) is 0. The lowest BCUT2D eigenvalue weighted by Crippen LogP contribution is -2.41. The molecule has 0 heterocycles. The molecule has 1 unspecified atom stereocenters. The second kappa shape index (κ2) is 6.84. The SMILES string of the molecule is CC(Cc1ccccc1F)NC1CCC(C(N)=O)CC1. The van der Waals surface area contributed by atoms with Crippen LogP contribution in [0.4, 0.5) is 4.39 Å². The zero-order valence-electron chi connectivity index (χ0n) is 11.9. The van der Waals surface area contributed by atoms with Crippen LogP contribution in [0.1, 0.15) is 38.2 Å². The van der Waals surface area contributed by atoms with Gasteiger partial charge < -0.3 is 11.1 Å². The van der Waals surface area contributed by atoms with Gasteiger partial charge in [-0.05, 0) is 50.7 Å². The molecule has 1 aromatic carbocycles. The van der Waals surface area contributed by atoms with Crippen molar-refractivity contribution in [2.45, 2.75) is 51.1 Å². The van der Waals surface area contributed by atoms with Gasteiger partial charge in [0.05, 0.1) is 0 Å². The Morgan fingerprint density at radius 2 is 2.00 bits per heavy atom. The van der Waals surface area contributed by atoms with Crippen molar-refractivity contribution in [3.63, 3.8) is 0 Å². The predicted octanol–water partition coefficient (Wildman–Crippen LogP) is 2.39.